The van der Waals surface area contributed by atoms with Gasteiger partial charge < -0.3 is 4.79 Å². The van der Waals surface area contributed by atoms with Gasteiger partial charge in [0.15, 0.2) is 0 Å². The molecule has 0 saturated carbocycles. The standard InChI is InChI=1S/C11H12O/c1-10-5-7-11(8-6-10)4-2-3-9-12/h2,4-9H,3H2,1H3/b4-2+. The van der Waals surface area contributed by atoms with Gasteiger partial charge in [-0.3, -0.25) is 0 Å². The van der Waals surface area contributed by atoms with Crippen LogP contribution in [0.15, 0.2) is 30.3 Å². The third-order valence-electron chi connectivity index (χ3n) is 1.62. The Morgan fingerprint density at radius 1 is 1.25 bits per heavy atom. The Balaban J connectivity index is 2.64. The lowest BCUT2D eigenvalue weighted by Gasteiger charge is -1.93. The lowest BCUT2D eigenvalue weighted by molar-refractivity contribution is -0.107. The summed E-state index contributed by atoms with van der Waals surface area (Å²) in [5.74, 6) is 0. The summed E-state index contributed by atoms with van der Waals surface area (Å²) in [6.45, 7) is 2.05. The predicted octanol–water partition coefficient (Wildman–Crippen LogP) is 2.60. The fourth-order valence-electron chi connectivity index (χ4n) is 0.937. The molecule has 62 valence electrons. The van der Waals surface area contributed by atoms with E-state index in [0.717, 1.165) is 11.8 Å². The van der Waals surface area contributed by atoms with E-state index in [9.17, 15) is 4.79 Å². The fourth-order valence-corrected chi connectivity index (χ4v) is 0.937. The van der Waals surface area contributed by atoms with Gasteiger partial charge >= 0.3 is 0 Å². The molecule has 0 aliphatic carbocycles. The van der Waals surface area contributed by atoms with Gasteiger partial charge in [-0.1, -0.05) is 42.0 Å². The summed E-state index contributed by atoms with van der Waals surface area (Å²) >= 11 is 0. The molecule has 1 rings (SSSR count). The van der Waals surface area contributed by atoms with Gasteiger partial charge in [0.25, 0.3) is 0 Å². The van der Waals surface area contributed by atoms with Gasteiger partial charge in [0.05, 0.1) is 0 Å². The van der Waals surface area contributed by atoms with Crippen molar-refractivity contribution in [1.82, 2.24) is 0 Å². The number of aryl methyl sites for hydroxylation is 1. The topological polar surface area (TPSA) is 17.1 Å². The summed E-state index contributed by atoms with van der Waals surface area (Å²) in [6, 6.07) is 8.19. The molecule has 0 heterocycles. The molecular weight excluding hydrogens is 148 g/mol. The van der Waals surface area contributed by atoms with Gasteiger partial charge in [-0.15, -0.1) is 0 Å². The van der Waals surface area contributed by atoms with Crippen LogP contribution in [0.4, 0.5) is 0 Å². The minimum Gasteiger partial charge on any atom is -0.303 e. The van der Waals surface area contributed by atoms with Crippen LogP contribution in [0.25, 0.3) is 6.08 Å². The van der Waals surface area contributed by atoms with E-state index in [0.29, 0.717) is 6.42 Å². The van der Waals surface area contributed by atoms with Gasteiger partial charge in [-0.2, -0.15) is 0 Å². The Labute approximate surface area is 72.7 Å². The molecule has 0 N–H and O–H groups in total. The highest BCUT2D eigenvalue weighted by Crippen LogP contribution is 2.04. The molecule has 1 heteroatoms. The Kier molecular flexibility index (Phi) is 3.27. The molecule has 0 atom stereocenters. The van der Waals surface area contributed by atoms with Crippen molar-refractivity contribution in [3.8, 4) is 0 Å². The van der Waals surface area contributed by atoms with Crippen molar-refractivity contribution in [3.05, 3.63) is 41.5 Å². The van der Waals surface area contributed by atoms with Crippen LogP contribution in [0.2, 0.25) is 0 Å². The van der Waals surface area contributed by atoms with Crippen LogP contribution in [0.3, 0.4) is 0 Å². The van der Waals surface area contributed by atoms with E-state index in [1.165, 1.54) is 5.56 Å². The highest BCUT2D eigenvalue weighted by atomic mass is 16.1. The van der Waals surface area contributed by atoms with Crippen molar-refractivity contribution in [2.75, 3.05) is 0 Å². The zero-order valence-corrected chi connectivity index (χ0v) is 7.16. The molecule has 0 saturated heterocycles. The summed E-state index contributed by atoms with van der Waals surface area (Å²) in [7, 11) is 0. The number of hydrogen-bond donors (Lipinski definition) is 0. The molecule has 1 nitrogen and oxygen atoms in total. The van der Waals surface area contributed by atoms with Crippen LogP contribution in [0, 0.1) is 6.92 Å². The first-order valence-corrected chi connectivity index (χ1v) is 4.00. The quantitative estimate of drug-likeness (QED) is 0.621. The first-order chi connectivity index (χ1) is 5.83. The minimum absolute atomic E-state index is 0.494. The molecule has 0 unspecified atom stereocenters. The van der Waals surface area contributed by atoms with Gasteiger partial charge in [-0.05, 0) is 12.5 Å². The Morgan fingerprint density at radius 2 is 1.92 bits per heavy atom. The molecule has 1 aromatic carbocycles. The molecule has 0 aromatic heterocycles. The summed E-state index contributed by atoms with van der Waals surface area (Å²) in [6.07, 6.45) is 5.20. The summed E-state index contributed by atoms with van der Waals surface area (Å²) in [5, 5.41) is 0. The molecule has 0 aliphatic heterocycles. The second kappa shape index (κ2) is 4.50. The molecule has 0 fully saturated rings. The zero-order valence-electron chi connectivity index (χ0n) is 7.16. The first-order valence-electron chi connectivity index (χ1n) is 4.00. The fraction of sp³-hybridized carbons (Fsp3) is 0.182. The molecular formula is C11H12O. The Hall–Kier alpha value is -1.37. The third-order valence-corrected chi connectivity index (χ3v) is 1.62. The van der Waals surface area contributed by atoms with Gasteiger partial charge in [-0.25, -0.2) is 0 Å². The molecule has 0 aliphatic rings. The largest absolute Gasteiger partial charge is 0.303 e. The van der Waals surface area contributed by atoms with Crippen molar-refractivity contribution in [2.45, 2.75) is 13.3 Å². The Morgan fingerprint density at radius 3 is 2.50 bits per heavy atom. The molecule has 0 bridgehead atoms. The number of hydrogen-bond acceptors (Lipinski definition) is 1. The maximum absolute atomic E-state index is 10.00. The molecule has 0 amide bonds. The Bertz CT molecular complexity index is 270. The van der Waals surface area contributed by atoms with Crippen LogP contribution in [-0.2, 0) is 4.79 Å². The smallest absolute Gasteiger partial charge is 0.123 e. The van der Waals surface area contributed by atoms with Crippen LogP contribution in [0.1, 0.15) is 17.5 Å². The van der Waals surface area contributed by atoms with Crippen LogP contribution >= 0.6 is 0 Å². The number of carbonyl (C=O) groups is 1. The summed E-state index contributed by atoms with van der Waals surface area (Å²) < 4.78 is 0. The molecule has 0 radical (unpaired) electrons. The first kappa shape index (κ1) is 8.72. The zero-order chi connectivity index (χ0) is 8.81. The molecule has 0 spiro atoms. The minimum atomic E-state index is 0.494. The van der Waals surface area contributed by atoms with Gasteiger partial charge in [0.2, 0.25) is 0 Å². The van der Waals surface area contributed by atoms with E-state index in [1.807, 2.05) is 24.3 Å². The number of rotatable bonds is 3. The molecule has 12 heavy (non-hydrogen) atoms. The third kappa shape index (κ3) is 2.70. The summed E-state index contributed by atoms with van der Waals surface area (Å²) in [5.41, 5.74) is 2.39. The van der Waals surface area contributed by atoms with E-state index >= 15 is 0 Å². The van der Waals surface area contributed by atoms with Crippen LogP contribution in [0.5, 0.6) is 0 Å². The predicted molar refractivity (Wildman–Crippen MR) is 50.9 cm³/mol. The summed E-state index contributed by atoms with van der Waals surface area (Å²) in [4.78, 5) is 10.00. The highest BCUT2D eigenvalue weighted by Gasteiger charge is 1.84. The van der Waals surface area contributed by atoms with Gasteiger partial charge in [0, 0.05) is 6.42 Å². The average Bonchev–Trinajstić information content (AvgIpc) is 2.09. The maximum Gasteiger partial charge on any atom is 0.123 e. The number of allylic oxidation sites excluding steroid dienone is 1. The second-order valence-corrected chi connectivity index (χ2v) is 2.72. The normalized spacial score (nSPS) is 10.4. The lowest BCUT2D eigenvalue weighted by Crippen LogP contribution is -1.73. The SMILES string of the molecule is Cc1ccc(/C=C/CC=O)cc1. The number of benzene rings is 1. The van der Waals surface area contributed by atoms with Crippen molar-refractivity contribution in [2.24, 2.45) is 0 Å². The van der Waals surface area contributed by atoms with Crippen LogP contribution < -0.4 is 0 Å². The molecule has 1 aromatic rings. The van der Waals surface area contributed by atoms with Gasteiger partial charge in [0.1, 0.15) is 6.29 Å². The van der Waals surface area contributed by atoms with E-state index in [-0.39, 0.29) is 0 Å². The van der Waals surface area contributed by atoms with Crippen molar-refractivity contribution < 1.29 is 4.79 Å². The number of aldehydes is 1. The second-order valence-electron chi connectivity index (χ2n) is 2.72. The van der Waals surface area contributed by atoms with E-state index in [4.69, 9.17) is 0 Å². The number of carbonyl (C=O) groups excluding carboxylic acids is 1. The highest BCUT2D eigenvalue weighted by molar-refractivity contribution is 5.57. The van der Waals surface area contributed by atoms with Crippen molar-refractivity contribution in [3.63, 3.8) is 0 Å². The maximum atomic E-state index is 10.00. The van der Waals surface area contributed by atoms with Crippen molar-refractivity contribution in [1.29, 1.82) is 0 Å². The van der Waals surface area contributed by atoms with E-state index in [2.05, 4.69) is 19.1 Å². The van der Waals surface area contributed by atoms with E-state index in [1.54, 1.807) is 0 Å². The van der Waals surface area contributed by atoms with E-state index < -0.39 is 0 Å². The van der Waals surface area contributed by atoms with Crippen molar-refractivity contribution >= 4 is 12.4 Å². The average molecular weight is 160 g/mol. The van der Waals surface area contributed by atoms with Crippen LogP contribution in [-0.4, -0.2) is 6.29 Å². The lowest BCUT2D eigenvalue weighted by atomic mass is 10.1. The monoisotopic (exact) mass is 160 g/mol.